The number of hydrogen-bond donors (Lipinski definition) is 3. The van der Waals surface area contributed by atoms with Crippen LogP contribution in [0.3, 0.4) is 0 Å². The van der Waals surface area contributed by atoms with Crippen LogP contribution >= 0.6 is 24.0 Å². The molecule has 24 heavy (non-hydrogen) atoms. The van der Waals surface area contributed by atoms with Crippen LogP contribution in [0, 0.1) is 19.7 Å². The third-order valence-corrected chi connectivity index (χ3v) is 3.79. The van der Waals surface area contributed by atoms with Crippen molar-refractivity contribution >= 4 is 29.9 Å². The third-order valence-electron chi connectivity index (χ3n) is 3.79. The maximum atomic E-state index is 13.3. The molecule has 1 aromatic heterocycles. The summed E-state index contributed by atoms with van der Waals surface area (Å²) in [5.74, 6) is -0.367. The van der Waals surface area contributed by atoms with Gasteiger partial charge in [0.05, 0.1) is 5.69 Å². The molecule has 0 unspecified atom stereocenters. The van der Waals surface area contributed by atoms with E-state index in [4.69, 9.17) is 0 Å². The van der Waals surface area contributed by atoms with E-state index in [1.165, 1.54) is 12.1 Å². The Labute approximate surface area is 158 Å². The number of phenols is 1. The third kappa shape index (κ3) is 4.83. The Morgan fingerprint density at radius 1 is 1.29 bits per heavy atom. The van der Waals surface area contributed by atoms with Gasteiger partial charge >= 0.3 is 0 Å². The van der Waals surface area contributed by atoms with E-state index in [0.29, 0.717) is 19.0 Å². The number of halogens is 2. The molecule has 0 bridgehead atoms. The van der Waals surface area contributed by atoms with Crippen LogP contribution < -0.4 is 10.6 Å². The highest BCUT2D eigenvalue weighted by Crippen LogP contribution is 2.16. The highest BCUT2D eigenvalue weighted by molar-refractivity contribution is 14.0. The number of rotatable bonds is 4. The lowest BCUT2D eigenvalue weighted by molar-refractivity contribution is 0.431. The van der Waals surface area contributed by atoms with Gasteiger partial charge in [0.2, 0.25) is 0 Å². The lowest BCUT2D eigenvalue weighted by Crippen LogP contribution is -2.36. The number of guanidine groups is 1. The number of aromatic hydroxyl groups is 1. The molecule has 3 N–H and O–H groups in total. The normalized spacial score (nSPS) is 11.1. The smallest absolute Gasteiger partial charge is 0.191 e. The number of nitrogens with one attached hydrogen (secondary N) is 2. The van der Waals surface area contributed by atoms with E-state index in [0.717, 1.165) is 22.5 Å². The largest absolute Gasteiger partial charge is 0.505 e. The first-order valence-corrected chi connectivity index (χ1v) is 7.33. The summed E-state index contributed by atoms with van der Waals surface area (Å²) in [6, 6.07) is 4.30. The topological polar surface area (TPSA) is 74.5 Å². The van der Waals surface area contributed by atoms with E-state index < -0.39 is 5.82 Å². The van der Waals surface area contributed by atoms with Gasteiger partial charge in [-0.3, -0.25) is 9.67 Å². The molecule has 2 rings (SSSR count). The van der Waals surface area contributed by atoms with Gasteiger partial charge < -0.3 is 15.7 Å². The van der Waals surface area contributed by atoms with E-state index in [2.05, 4.69) is 20.7 Å². The van der Waals surface area contributed by atoms with Crippen molar-refractivity contribution < 1.29 is 9.50 Å². The predicted molar refractivity (Wildman–Crippen MR) is 103 cm³/mol. The van der Waals surface area contributed by atoms with Crippen molar-refractivity contribution in [1.29, 1.82) is 0 Å². The van der Waals surface area contributed by atoms with Gasteiger partial charge in [0.1, 0.15) is 0 Å². The van der Waals surface area contributed by atoms with Crippen LogP contribution in [-0.4, -0.2) is 27.9 Å². The van der Waals surface area contributed by atoms with Crippen LogP contribution in [0.2, 0.25) is 0 Å². The number of hydrogen-bond acceptors (Lipinski definition) is 3. The molecule has 0 fully saturated rings. The SMILES string of the molecule is CN=C(NCc1ccc(O)c(F)c1)NCc1c(C)nn(C)c1C.I. The van der Waals surface area contributed by atoms with Crippen LogP contribution in [0.1, 0.15) is 22.5 Å². The summed E-state index contributed by atoms with van der Waals surface area (Å²) < 4.78 is 15.2. The van der Waals surface area contributed by atoms with E-state index in [1.807, 2.05) is 25.6 Å². The second-order valence-electron chi connectivity index (χ2n) is 5.34. The Bertz CT molecular complexity index is 729. The summed E-state index contributed by atoms with van der Waals surface area (Å²) in [5, 5.41) is 19.9. The maximum absolute atomic E-state index is 13.3. The lowest BCUT2D eigenvalue weighted by Gasteiger charge is -2.12. The van der Waals surface area contributed by atoms with Gasteiger partial charge in [-0.2, -0.15) is 5.10 Å². The van der Waals surface area contributed by atoms with Gasteiger partial charge in [-0.05, 0) is 31.5 Å². The first-order chi connectivity index (χ1) is 10.9. The number of aryl methyl sites for hydroxylation is 2. The number of phenolic OH excluding ortho intramolecular Hbond substituents is 1. The van der Waals surface area contributed by atoms with Crippen molar-refractivity contribution in [2.45, 2.75) is 26.9 Å². The van der Waals surface area contributed by atoms with Crippen LogP contribution in [0.5, 0.6) is 5.75 Å². The van der Waals surface area contributed by atoms with Crippen LogP contribution in [-0.2, 0) is 20.1 Å². The average Bonchev–Trinajstić information content (AvgIpc) is 2.76. The second-order valence-corrected chi connectivity index (χ2v) is 5.34. The molecule has 8 heteroatoms. The van der Waals surface area contributed by atoms with Gasteiger partial charge in [-0.1, -0.05) is 6.07 Å². The minimum absolute atomic E-state index is 0. The first-order valence-electron chi connectivity index (χ1n) is 7.33. The van der Waals surface area contributed by atoms with Gasteiger partial charge in [0, 0.05) is 38.4 Å². The van der Waals surface area contributed by atoms with Gasteiger partial charge in [0.15, 0.2) is 17.5 Å². The highest BCUT2D eigenvalue weighted by atomic mass is 127. The summed E-state index contributed by atoms with van der Waals surface area (Å²) in [6.07, 6.45) is 0. The monoisotopic (exact) mass is 447 g/mol. The molecule has 2 aromatic rings. The van der Waals surface area contributed by atoms with Crippen molar-refractivity contribution in [2.75, 3.05) is 7.05 Å². The standard InChI is InChI=1S/C16H22FN5O.HI/c1-10-13(11(2)22(4)21-10)9-20-16(18-3)19-8-12-5-6-15(23)14(17)7-12;/h5-7,23H,8-9H2,1-4H3,(H2,18,19,20);1H. The van der Waals surface area contributed by atoms with Crippen molar-refractivity contribution in [1.82, 2.24) is 20.4 Å². The average molecular weight is 447 g/mol. The van der Waals surface area contributed by atoms with Gasteiger partial charge in [-0.15, -0.1) is 24.0 Å². The zero-order chi connectivity index (χ0) is 17.0. The summed E-state index contributed by atoms with van der Waals surface area (Å²) in [5.41, 5.74) is 3.93. The Hall–Kier alpha value is -1.84. The molecule has 6 nitrogen and oxygen atoms in total. The zero-order valence-corrected chi connectivity index (χ0v) is 16.6. The van der Waals surface area contributed by atoms with Crippen LogP contribution in [0.4, 0.5) is 4.39 Å². The lowest BCUT2D eigenvalue weighted by atomic mass is 10.2. The minimum atomic E-state index is -0.631. The fraction of sp³-hybridized carbons (Fsp3) is 0.375. The predicted octanol–water partition coefficient (Wildman–Crippen LogP) is 2.36. The Balaban J connectivity index is 0.00000288. The molecule has 0 radical (unpaired) electrons. The Morgan fingerprint density at radius 2 is 1.96 bits per heavy atom. The molecule has 0 spiro atoms. The molecule has 1 heterocycles. The van der Waals surface area contributed by atoms with Crippen molar-refractivity contribution in [3.05, 3.63) is 46.5 Å². The molecule has 0 saturated heterocycles. The minimum Gasteiger partial charge on any atom is -0.505 e. The number of benzene rings is 1. The van der Waals surface area contributed by atoms with Crippen molar-refractivity contribution in [3.8, 4) is 5.75 Å². The quantitative estimate of drug-likeness (QED) is 0.382. The maximum Gasteiger partial charge on any atom is 0.191 e. The van der Waals surface area contributed by atoms with Gasteiger partial charge in [-0.25, -0.2) is 4.39 Å². The highest BCUT2D eigenvalue weighted by Gasteiger charge is 2.10. The summed E-state index contributed by atoms with van der Waals surface area (Å²) in [4.78, 5) is 4.15. The zero-order valence-electron chi connectivity index (χ0n) is 14.2. The van der Waals surface area contributed by atoms with Crippen molar-refractivity contribution in [2.24, 2.45) is 12.0 Å². The molecular formula is C16H23FIN5O. The molecule has 0 amide bonds. The number of aromatic nitrogens is 2. The molecule has 0 aliphatic rings. The number of nitrogens with zero attached hydrogens (tertiary/aromatic N) is 3. The summed E-state index contributed by atoms with van der Waals surface area (Å²) in [7, 11) is 3.59. The number of aliphatic imine (C=N–C) groups is 1. The van der Waals surface area contributed by atoms with Crippen molar-refractivity contribution in [3.63, 3.8) is 0 Å². The fourth-order valence-electron chi connectivity index (χ4n) is 2.31. The van der Waals surface area contributed by atoms with E-state index >= 15 is 0 Å². The molecule has 132 valence electrons. The molecule has 0 atom stereocenters. The van der Waals surface area contributed by atoms with Gasteiger partial charge in [0.25, 0.3) is 0 Å². The fourth-order valence-corrected chi connectivity index (χ4v) is 2.31. The molecule has 0 aliphatic heterocycles. The Kier molecular flexibility index (Phi) is 7.46. The summed E-state index contributed by atoms with van der Waals surface area (Å²) >= 11 is 0. The van der Waals surface area contributed by atoms with E-state index in [1.54, 1.807) is 13.1 Å². The first kappa shape index (κ1) is 20.2. The van der Waals surface area contributed by atoms with Crippen LogP contribution in [0.15, 0.2) is 23.2 Å². The molecule has 0 aliphatic carbocycles. The second kappa shape index (κ2) is 8.86. The molecule has 0 saturated carbocycles. The molecule has 1 aromatic carbocycles. The van der Waals surface area contributed by atoms with E-state index in [9.17, 15) is 9.50 Å². The summed E-state index contributed by atoms with van der Waals surface area (Å²) in [6.45, 7) is 5.00. The van der Waals surface area contributed by atoms with E-state index in [-0.39, 0.29) is 29.7 Å². The van der Waals surface area contributed by atoms with Crippen LogP contribution in [0.25, 0.3) is 0 Å². The Morgan fingerprint density at radius 3 is 2.50 bits per heavy atom. The molecular weight excluding hydrogens is 424 g/mol.